The summed E-state index contributed by atoms with van der Waals surface area (Å²) in [6.45, 7) is 8.53. The Morgan fingerprint density at radius 3 is 2.89 bits per heavy atom. The highest BCUT2D eigenvalue weighted by Gasteiger charge is 2.23. The van der Waals surface area contributed by atoms with Crippen LogP contribution >= 0.6 is 0 Å². The summed E-state index contributed by atoms with van der Waals surface area (Å²) in [5, 5.41) is 12.3. The van der Waals surface area contributed by atoms with Crippen LogP contribution in [0.1, 0.15) is 36.2 Å². The molecule has 0 radical (unpaired) electrons. The molecule has 1 amide bonds. The van der Waals surface area contributed by atoms with Gasteiger partial charge in [-0.3, -0.25) is 9.78 Å². The topological polar surface area (TPSA) is 65.5 Å². The number of benzene rings is 1. The van der Waals surface area contributed by atoms with Crippen LogP contribution in [0.3, 0.4) is 0 Å². The van der Waals surface area contributed by atoms with E-state index >= 15 is 0 Å². The average Bonchev–Trinajstić information content (AvgIpc) is 3.13. The van der Waals surface area contributed by atoms with E-state index in [-0.39, 0.29) is 12.5 Å². The first-order chi connectivity index (χ1) is 13.0. The maximum Gasteiger partial charge on any atom is 0.252 e. The molecule has 27 heavy (non-hydrogen) atoms. The Balaban J connectivity index is 1.53. The molecule has 2 aromatic rings. The lowest BCUT2D eigenvalue weighted by molar-refractivity contribution is 0.0947. The molecule has 0 saturated carbocycles. The Morgan fingerprint density at radius 2 is 2.19 bits per heavy atom. The molecule has 1 aromatic heterocycles. The lowest BCUT2D eigenvalue weighted by atomic mass is 10.1. The van der Waals surface area contributed by atoms with Gasteiger partial charge in [-0.1, -0.05) is 32.0 Å². The minimum absolute atomic E-state index is 0.00406. The van der Waals surface area contributed by atoms with Crippen LogP contribution in [0.2, 0.25) is 0 Å². The van der Waals surface area contributed by atoms with Crippen molar-refractivity contribution in [2.75, 3.05) is 26.2 Å². The fraction of sp³-hybridized carbons (Fsp3) is 0.455. The summed E-state index contributed by atoms with van der Waals surface area (Å²) in [7, 11) is 0. The van der Waals surface area contributed by atoms with E-state index in [1.165, 1.54) is 0 Å². The van der Waals surface area contributed by atoms with Gasteiger partial charge in [0, 0.05) is 31.4 Å². The van der Waals surface area contributed by atoms with E-state index < -0.39 is 0 Å². The van der Waals surface area contributed by atoms with Gasteiger partial charge in [-0.15, -0.1) is 0 Å². The van der Waals surface area contributed by atoms with Gasteiger partial charge in [-0.25, -0.2) is 0 Å². The van der Waals surface area contributed by atoms with Crippen molar-refractivity contribution in [1.29, 1.82) is 0 Å². The summed E-state index contributed by atoms with van der Waals surface area (Å²) in [6, 6.07) is 11.3. The van der Waals surface area contributed by atoms with Gasteiger partial charge in [-0.05, 0) is 48.6 Å². The van der Waals surface area contributed by atoms with Gasteiger partial charge in [0.15, 0.2) is 0 Å². The molecule has 1 aliphatic heterocycles. The van der Waals surface area contributed by atoms with E-state index in [1.54, 1.807) is 6.20 Å². The number of nitrogens with zero attached hydrogens (tertiary/aromatic N) is 2. The van der Waals surface area contributed by atoms with E-state index in [0.29, 0.717) is 23.9 Å². The molecule has 3 rings (SSSR count). The van der Waals surface area contributed by atoms with Crippen LogP contribution in [0.15, 0.2) is 42.6 Å². The van der Waals surface area contributed by atoms with Crippen molar-refractivity contribution < 1.29 is 9.90 Å². The second-order valence-corrected chi connectivity index (χ2v) is 7.81. The van der Waals surface area contributed by atoms with Gasteiger partial charge in [0.2, 0.25) is 0 Å². The largest absolute Gasteiger partial charge is 0.392 e. The molecule has 1 aliphatic rings. The van der Waals surface area contributed by atoms with Crippen molar-refractivity contribution in [2.45, 2.75) is 26.9 Å². The normalized spacial score (nSPS) is 17.4. The maximum atomic E-state index is 12.4. The van der Waals surface area contributed by atoms with Crippen molar-refractivity contribution >= 4 is 5.91 Å². The minimum Gasteiger partial charge on any atom is -0.392 e. The first-order valence-corrected chi connectivity index (χ1v) is 9.72. The number of aromatic nitrogens is 1. The first-order valence-electron chi connectivity index (χ1n) is 9.72. The van der Waals surface area contributed by atoms with Crippen molar-refractivity contribution in [3.8, 4) is 11.3 Å². The molecular weight excluding hydrogens is 338 g/mol. The summed E-state index contributed by atoms with van der Waals surface area (Å²) < 4.78 is 0. The van der Waals surface area contributed by atoms with Crippen LogP contribution in [0.4, 0.5) is 0 Å². The lowest BCUT2D eigenvalue weighted by Gasteiger charge is -2.18. The molecule has 1 atom stereocenters. The quantitative estimate of drug-likeness (QED) is 0.790. The first kappa shape index (κ1) is 19.5. The van der Waals surface area contributed by atoms with Crippen molar-refractivity contribution in [1.82, 2.24) is 15.2 Å². The monoisotopic (exact) mass is 367 g/mol. The molecular formula is C22H29N3O2. The Labute approximate surface area is 161 Å². The summed E-state index contributed by atoms with van der Waals surface area (Å²) in [6.07, 6.45) is 2.77. The zero-order valence-electron chi connectivity index (χ0n) is 16.2. The molecule has 1 saturated heterocycles. The van der Waals surface area contributed by atoms with E-state index in [2.05, 4.69) is 29.0 Å². The van der Waals surface area contributed by atoms with Crippen molar-refractivity contribution in [2.24, 2.45) is 11.8 Å². The Bertz CT molecular complexity index is 758. The second kappa shape index (κ2) is 9.11. The van der Waals surface area contributed by atoms with Crippen LogP contribution in [-0.2, 0) is 6.61 Å². The number of hydrogen-bond donors (Lipinski definition) is 2. The molecule has 2 N–H and O–H groups in total. The molecule has 0 unspecified atom stereocenters. The minimum atomic E-state index is -0.0690. The molecule has 0 aliphatic carbocycles. The molecule has 0 bridgehead atoms. The number of carbonyl (C=O) groups excluding carboxylic acids is 1. The van der Waals surface area contributed by atoms with Gasteiger partial charge < -0.3 is 15.3 Å². The van der Waals surface area contributed by atoms with Crippen LogP contribution in [0.25, 0.3) is 11.3 Å². The number of pyridine rings is 1. The highest BCUT2D eigenvalue weighted by Crippen LogP contribution is 2.19. The lowest BCUT2D eigenvalue weighted by Crippen LogP contribution is -2.31. The van der Waals surface area contributed by atoms with Gasteiger partial charge in [0.05, 0.1) is 17.9 Å². The number of carbonyl (C=O) groups is 1. The summed E-state index contributed by atoms with van der Waals surface area (Å²) in [5.74, 6) is 1.14. The highest BCUT2D eigenvalue weighted by atomic mass is 16.3. The molecule has 0 spiro atoms. The molecule has 2 heterocycles. The number of rotatable bonds is 7. The summed E-state index contributed by atoms with van der Waals surface area (Å²) in [4.78, 5) is 19.3. The summed E-state index contributed by atoms with van der Waals surface area (Å²) in [5.41, 5.74) is 3.15. The van der Waals surface area contributed by atoms with Crippen LogP contribution in [0, 0.1) is 11.8 Å². The van der Waals surface area contributed by atoms with Gasteiger partial charge in [-0.2, -0.15) is 0 Å². The van der Waals surface area contributed by atoms with Crippen molar-refractivity contribution in [3.05, 3.63) is 53.7 Å². The number of hydrogen-bond acceptors (Lipinski definition) is 4. The number of nitrogens with one attached hydrogen (secondary N) is 1. The SMILES string of the molecule is CC(C)CN1CC[C@H](CNC(=O)c2ccc(-c3cccc(CO)c3)nc2)C1. The van der Waals surface area contributed by atoms with E-state index in [0.717, 1.165) is 42.9 Å². The summed E-state index contributed by atoms with van der Waals surface area (Å²) >= 11 is 0. The third kappa shape index (κ3) is 5.37. The van der Waals surface area contributed by atoms with Gasteiger partial charge >= 0.3 is 0 Å². The standard InChI is InChI=1S/C22H29N3O2/c1-16(2)13-25-9-8-18(14-25)11-24-22(27)20-6-7-21(23-12-20)19-5-3-4-17(10-19)15-26/h3-7,10,12,16,18,26H,8-9,11,13-15H2,1-2H3,(H,24,27)/t18-/m1/s1. The number of aliphatic hydroxyl groups excluding tert-OH is 1. The zero-order valence-corrected chi connectivity index (χ0v) is 16.2. The van der Waals surface area contributed by atoms with Crippen molar-refractivity contribution in [3.63, 3.8) is 0 Å². The van der Waals surface area contributed by atoms with Gasteiger partial charge in [0.25, 0.3) is 5.91 Å². The third-order valence-electron chi connectivity index (χ3n) is 4.98. The van der Waals surface area contributed by atoms with E-state index in [1.807, 2.05) is 36.4 Å². The fourth-order valence-electron chi connectivity index (χ4n) is 3.63. The Kier molecular flexibility index (Phi) is 6.58. The zero-order chi connectivity index (χ0) is 19.2. The highest BCUT2D eigenvalue weighted by molar-refractivity contribution is 5.94. The molecule has 144 valence electrons. The predicted molar refractivity (Wildman–Crippen MR) is 107 cm³/mol. The molecule has 5 heteroatoms. The third-order valence-corrected chi connectivity index (χ3v) is 4.98. The maximum absolute atomic E-state index is 12.4. The number of amides is 1. The smallest absolute Gasteiger partial charge is 0.252 e. The van der Waals surface area contributed by atoms with Crippen LogP contribution in [0.5, 0.6) is 0 Å². The number of aliphatic hydroxyl groups is 1. The second-order valence-electron chi connectivity index (χ2n) is 7.81. The molecule has 5 nitrogen and oxygen atoms in total. The van der Waals surface area contributed by atoms with Crippen LogP contribution < -0.4 is 5.32 Å². The predicted octanol–water partition coefficient (Wildman–Crippen LogP) is 2.95. The average molecular weight is 367 g/mol. The van der Waals surface area contributed by atoms with E-state index in [9.17, 15) is 9.90 Å². The fourth-order valence-corrected chi connectivity index (χ4v) is 3.63. The Hall–Kier alpha value is -2.24. The van der Waals surface area contributed by atoms with Gasteiger partial charge in [0.1, 0.15) is 0 Å². The van der Waals surface area contributed by atoms with Crippen LogP contribution in [-0.4, -0.2) is 47.1 Å². The Morgan fingerprint density at radius 1 is 1.33 bits per heavy atom. The number of likely N-dealkylation sites (tertiary alicyclic amines) is 1. The molecule has 1 aromatic carbocycles. The van der Waals surface area contributed by atoms with E-state index in [4.69, 9.17) is 0 Å². The molecule has 1 fully saturated rings.